The molecule has 0 aromatic rings. The molecular formula is C13H24O3S. The predicted octanol–water partition coefficient (Wildman–Crippen LogP) is 2.22. The molecule has 2 aliphatic heterocycles. The summed E-state index contributed by atoms with van der Waals surface area (Å²) in [5.74, 6) is 0. The van der Waals surface area contributed by atoms with E-state index in [4.69, 9.17) is 14.6 Å². The highest BCUT2D eigenvalue weighted by atomic mass is 32.2. The lowest BCUT2D eigenvalue weighted by Gasteiger charge is -2.43. The third kappa shape index (κ3) is 3.85. The summed E-state index contributed by atoms with van der Waals surface area (Å²) < 4.78 is 11.5. The minimum absolute atomic E-state index is 0.104. The number of ether oxygens (including phenoxy) is 2. The van der Waals surface area contributed by atoms with Crippen molar-refractivity contribution in [1.29, 1.82) is 0 Å². The van der Waals surface area contributed by atoms with Gasteiger partial charge in [0.1, 0.15) is 0 Å². The van der Waals surface area contributed by atoms with E-state index in [9.17, 15) is 0 Å². The molecule has 100 valence electrons. The molecule has 17 heavy (non-hydrogen) atoms. The maximum absolute atomic E-state index is 8.95. The molecule has 0 aromatic heterocycles. The largest absolute Gasteiger partial charge is 0.396 e. The van der Waals surface area contributed by atoms with E-state index in [1.807, 2.05) is 11.8 Å². The summed E-state index contributed by atoms with van der Waals surface area (Å²) in [5, 5.41) is 10.2. The van der Waals surface area contributed by atoms with Gasteiger partial charge in [-0.3, -0.25) is 0 Å². The third-order valence-electron chi connectivity index (χ3n) is 3.81. The molecule has 0 aliphatic carbocycles. The van der Waals surface area contributed by atoms with Gasteiger partial charge < -0.3 is 14.6 Å². The molecule has 4 heteroatoms. The van der Waals surface area contributed by atoms with Crippen molar-refractivity contribution in [2.24, 2.45) is 0 Å². The average Bonchev–Trinajstić information content (AvgIpc) is 2.30. The second-order valence-corrected chi connectivity index (χ2v) is 6.96. The summed E-state index contributed by atoms with van der Waals surface area (Å²) >= 11 is 2.03. The Balaban J connectivity index is 1.83. The Hall–Kier alpha value is 0.230. The van der Waals surface area contributed by atoms with Gasteiger partial charge in [-0.25, -0.2) is 0 Å². The van der Waals surface area contributed by atoms with Gasteiger partial charge in [0, 0.05) is 36.9 Å². The van der Waals surface area contributed by atoms with E-state index in [-0.39, 0.29) is 5.60 Å². The Morgan fingerprint density at radius 2 is 2.12 bits per heavy atom. The quantitative estimate of drug-likeness (QED) is 0.841. The van der Waals surface area contributed by atoms with E-state index in [0.29, 0.717) is 17.1 Å². The fourth-order valence-electron chi connectivity index (χ4n) is 2.77. The Labute approximate surface area is 108 Å². The minimum Gasteiger partial charge on any atom is -0.396 e. The summed E-state index contributed by atoms with van der Waals surface area (Å²) in [6.07, 6.45) is 5.33. The molecule has 3 nitrogen and oxygen atoms in total. The predicted molar refractivity (Wildman–Crippen MR) is 70.5 cm³/mol. The fraction of sp³-hybridized carbons (Fsp3) is 1.00. The van der Waals surface area contributed by atoms with Crippen LogP contribution < -0.4 is 0 Å². The van der Waals surface area contributed by atoms with E-state index in [1.165, 1.54) is 0 Å². The SMILES string of the molecule is CC(CCO)SC1CCOC2(CCOCC2)C1. The molecule has 0 amide bonds. The van der Waals surface area contributed by atoms with Gasteiger partial charge in [-0.2, -0.15) is 11.8 Å². The minimum atomic E-state index is 0.104. The summed E-state index contributed by atoms with van der Waals surface area (Å²) in [6.45, 7) is 5.11. The lowest BCUT2D eigenvalue weighted by Crippen LogP contribution is -2.45. The van der Waals surface area contributed by atoms with E-state index >= 15 is 0 Å². The summed E-state index contributed by atoms with van der Waals surface area (Å²) in [6, 6.07) is 0. The average molecular weight is 260 g/mol. The first-order valence-corrected chi connectivity index (χ1v) is 7.66. The van der Waals surface area contributed by atoms with Crippen molar-refractivity contribution in [3.63, 3.8) is 0 Å². The van der Waals surface area contributed by atoms with Gasteiger partial charge in [-0.15, -0.1) is 0 Å². The maximum atomic E-state index is 8.95. The number of rotatable bonds is 4. The first-order valence-electron chi connectivity index (χ1n) is 6.72. The van der Waals surface area contributed by atoms with Gasteiger partial charge in [0.05, 0.1) is 5.60 Å². The summed E-state index contributed by atoms with van der Waals surface area (Å²) in [4.78, 5) is 0. The van der Waals surface area contributed by atoms with E-state index in [1.54, 1.807) is 0 Å². The zero-order valence-corrected chi connectivity index (χ0v) is 11.5. The molecule has 2 fully saturated rings. The summed E-state index contributed by atoms with van der Waals surface area (Å²) in [5.41, 5.74) is 0.104. The molecule has 2 heterocycles. The van der Waals surface area contributed by atoms with Gasteiger partial charge in [0.25, 0.3) is 0 Å². The van der Waals surface area contributed by atoms with Crippen molar-refractivity contribution < 1.29 is 14.6 Å². The van der Waals surface area contributed by atoms with Crippen LogP contribution in [0.5, 0.6) is 0 Å². The molecule has 2 rings (SSSR count). The molecule has 0 aromatic carbocycles. The van der Waals surface area contributed by atoms with Crippen molar-refractivity contribution in [1.82, 2.24) is 0 Å². The lowest BCUT2D eigenvalue weighted by molar-refractivity contribution is -0.131. The van der Waals surface area contributed by atoms with E-state index < -0.39 is 0 Å². The lowest BCUT2D eigenvalue weighted by atomic mass is 9.86. The van der Waals surface area contributed by atoms with Crippen LogP contribution in [-0.2, 0) is 9.47 Å². The zero-order valence-electron chi connectivity index (χ0n) is 10.7. The first-order chi connectivity index (χ1) is 8.24. The standard InChI is InChI=1S/C13H24O3S/c1-11(2-6-14)17-12-3-7-16-13(10-12)4-8-15-9-5-13/h11-12,14H,2-10H2,1H3. The third-order valence-corrected chi connectivity index (χ3v) is 5.30. The fourth-order valence-corrected chi connectivity index (χ4v) is 4.30. The molecular weight excluding hydrogens is 236 g/mol. The van der Waals surface area contributed by atoms with Gasteiger partial charge in [-0.1, -0.05) is 6.92 Å². The number of hydrogen-bond acceptors (Lipinski definition) is 4. The molecule has 0 radical (unpaired) electrons. The first kappa shape index (κ1) is 13.7. The number of hydrogen-bond donors (Lipinski definition) is 1. The van der Waals surface area contributed by atoms with Crippen molar-refractivity contribution in [2.45, 2.75) is 55.1 Å². The van der Waals surface area contributed by atoms with Crippen molar-refractivity contribution in [3.05, 3.63) is 0 Å². The molecule has 2 atom stereocenters. The zero-order chi connectivity index (χ0) is 12.1. The highest BCUT2D eigenvalue weighted by molar-refractivity contribution is 8.00. The normalized spacial score (nSPS) is 30.4. The summed E-state index contributed by atoms with van der Waals surface area (Å²) in [7, 11) is 0. The van der Waals surface area contributed by atoms with E-state index in [0.717, 1.165) is 51.9 Å². The van der Waals surface area contributed by atoms with Crippen LogP contribution in [0.25, 0.3) is 0 Å². The second-order valence-electron chi connectivity index (χ2n) is 5.22. The molecule has 2 unspecified atom stereocenters. The number of aliphatic hydroxyl groups is 1. The van der Waals surface area contributed by atoms with Gasteiger partial charge in [-0.05, 0) is 32.1 Å². The topological polar surface area (TPSA) is 38.7 Å². The van der Waals surface area contributed by atoms with Crippen LogP contribution in [0.3, 0.4) is 0 Å². The smallest absolute Gasteiger partial charge is 0.0736 e. The Kier molecular flexibility index (Phi) is 5.15. The molecule has 2 saturated heterocycles. The van der Waals surface area contributed by atoms with Crippen molar-refractivity contribution in [3.8, 4) is 0 Å². The van der Waals surface area contributed by atoms with Crippen LogP contribution in [0.2, 0.25) is 0 Å². The van der Waals surface area contributed by atoms with E-state index in [2.05, 4.69) is 6.92 Å². The number of thioether (sulfide) groups is 1. The molecule has 2 aliphatic rings. The molecule has 0 bridgehead atoms. The van der Waals surface area contributed by atoms with Crippen molar-refractivity contribution in [2.75, 3.05) is 26.4 Å². The van der Waals surface area contributed by atoms with Gasteiger partial charge in [0.15, 0.2) is 0 Å². The second kappa shape index (κ2) is 6.41. The van der Waals surface area contributed by atoms with Crippen LogP contribution in [0, 0.1) is 0 Å². The van der Waals surface area contributed by atoms with Crippen LogP contribution >= 0.6 is 11.8 Å². The molecule has 0 saturated carbocycles. The maximum Gasteiger partial charge on any atom is 0.0736 e. The van der Waals surface area contributed by atoms with Crippen LogP contribution in [0.1, 0.15) is 39.0 Å². The molecule has 1 spiro atoms. The Morgan fingerprint density at radius 3 is 2.82 bits per heavy atom. The van der Waals surface area contributed by atoms with Gasteiger partial charge >= 0.3 is 0 Å². The van der Waals surface area contributed by atoms with Gasteiger partial charge in [0.2, 0.25) is 0 Å². The Bertz CT molecular complexity index is 223. The molecule has 1 N–H and O–H groups in total. The van der Waals surface area contributed by atoms with Crippen LogP contribution in [0.15, 0.2) is 0 Å². The van der Waals surface area contributed by atoms with Crippen LogP contribution in [0.4, 0.5) is 0 Å². The van der Waals surface area contributed by atoms with Crippen molar-refractivity contribution >= 4 is 11.8 Å². The highest BCUT2D eigenvalue weighted by Gasteiger charge is 2.39. The van der Waals surface area contributed by atoms with Crippen LogP contribution in [-0.4, -0.2) is 47.6 Å². The Morgan fingerprint density at radius 1 is 1.35 bits per heavy atom. The monoisotopic (exact) mass is 260 g/mol. The number of aliphatic hydroxyl groups excluding tert-OH is 1. The highest BCUT2D eigenvalue weighted by Crippen LogP contribution is 2.39.